The molecule has 1 aromatic carbocycles. The van der Waals surface area contributed by atoms with E-state index in [-0.39, 0.29) is 4.90 Å². The molecule has 1 aliphatic carbocycles. The highest BCUT2D eigenvalue weighted by Crippen LogP contribution is 2.38. The van der Waals surface area contributed by atoms with Crippen LogP contribution in [0, 0.1) is 0 Å². The number of esters is 1. The van der Waals surface area contributed by atoms with Crippen LogP contribution >= 0.6 is 11.3 Å². The average molecular weight is 479 g/mol. The van der Waals surface area contributed by atoms with Gasteiger partial charge < -0.3 is 10.1 Å². The van der Waals surface area contributed by atoms with Crippen molar-refractivity contribution < 1.29 is 22.7 Å². The van der Waals surface area contributed by atoms with Crippen molar-refractivity contribution in [2.75, 3.05) is 26.0 Å². The Bertz CT molecular complexity index is 1070. The minimum absolute atomic E-state index is 0.144. The van der Waals surface area contributed by atoms with E-state index in [0.717, 1.165) is 55.4 Å². The zero-order chi connectivity index (χ0) is 23.3. The van der Waals surface area contributed by atoms with Gasteiger partial charge in [0.15, 0.2) is 0 Å². The Balaban J connectivity index is 1.82. The van der Waals surface area contributed by atoms with E-state index in [1.54, 1.807) is 7.05 Å². The van der Waals surface area contributed by atoms with E-state index in [2.05, 4.69) is 5.32 Å². The van der Waals surface area contributed by atoms with Crippen molar-refractivity contribution in [3.8, 4) is 0 Å². The second-order valence-electron chi connectivity index (χ2n) is 7.92. The quantitative estimate of drug-likeness (QED) is 0.446. The van der Waals surface area contributed by atoms with E-state index < -0.39 is 21.9 Å². The Hall–Kier alpha value is -2.23. The number of nitrogens with one attached hydrogen (secondary N) is 1. The number of carbonyl (C=O) groups excluding carboxylic acids is 2. The van der Waals surface area contributed by atoms with Gasteiger partial charge in [0.2, 0.25) is 10.0 Å². The molecule has 1 aliphatic rings. The molecular formula is C23H30N2O5S2. The molecule has 0 spiro atoms. The lowest BCUT2D eigenvalue weighted by molar-refractivity contribution is 0.0601. The molecule has 0 atom stereocenters. The first kappa shape index (κ1) is 24.4. The van der Waals surface area contributed by atoms with E-state index in [0.29, 0.717) is 22.7 Å². The maximum absolute atomic E-state index is 12.9. The molecule has 7 nitrogen and oxygen atoms in total. The lowest BCUT2D eigenvalue weighted by Gasteiger charge is -2.17. The smallest absolute Gasteiger partial charge is 0.341 e. The number of benzene rings is 1. The number of thiophene rings is 1. The van der Waals surface area contributed by atoms with Gasteiger partial charge in [-0.15, -0.1) is 11.3 Å². The molecule has 3 rings (SSSR count). The van der Waals surface area contributed by atoms with Crippen LogP contribution in [0.3, 0.4) is 0 Å². The molecule has 0 fully saturated rings. The van der Waals surface area contributed by atoms with Crippen LogP contribution in [0.25, 0.3) is 0 Å². The number of carbonyl (C=O) groups is 2. The Kier molecular flexibility index (Phi) is 8.08. The Labute approximate surface area is 193 Å². The van der Waals surface area contributed by atoms with Crippen LogP contribution in [0.2, 0.25) is 0 Å². The predicted molar refractivity (Wildman–Crippen MR) is 126 cm³/mol. The van der Waals surface area contributed by atoms with Crippen molar-refractivity contribution in [2.24, 2.45) is 0 Å². The van der Waals surface area contributed by atoms with Gasteiger partial charge in [-0.3, -0.25) is 4.79 Å². The van der Waals surface area contributed by atoms with Gasteiger partial charge in [-0.2, -0.15) is 0 Å². The molecular weight excluding hydrogens is 448 g/mol. The van der Waals surface area contributed by atoms with Gasteiger partial charge in [-0.25, -0.2) is 17.5 Å². The summed E-state index contributed by atoms with van der Waals surface area (Å²) in [5, 5.41) is 3.34. The average Bonchev–Trinajstić information content (AvgIpc) is 2.96. The molecule has 0 aliphatic heterocycles. The van der Waals surface area contributed by atoms with E-state index in [4.69, 9.17) is 4.74 Å². The highest BCUT2D eigenvalue weighted by atomic mass is 32.2. The van der Waals surface area contributed by atoms with Crippen LogP contribution < -0.4 is 5.32 Å². The number of ether oxygens (including phenoxy) is 1. The summed E-state index contributed by atoms with van der Waals surface area (Å²) >= 11 is 1.43. The number of fused-ring (bicyclic) bond motifs is 1. The van der Waals surface area contributed by atoms with Crippen molar-refractivity contribution in [1.82, 2.24) is 4.31 Å². The van der Waals surface area contributed by atoms with Crippen molar-refractivity contribution in [3.63, 3.8) is 0 Å². The number of amides is 1. The second kappa shape index (κ2) is 10.6. The van der Waals surface area contributed by atoms with E-state index >= 15 is 0 Å². The number of hydrogen-bond acceptors (Lipinski definition) is 6. The number of methoxy groups -OCH3 is 1. The highest BCUT2D eigenvalue weighted by Gasteiger charge is 2.27. The normalized spacial score (nSPS) is 14.0. The van der Waals surface area contributed by atoms with Crippen molar-refractivity contribution in [3.05, 3.63) is 45.8 Å². The molecule has 9 heteroatoms. The lowest BCUT2D eigenvalue weighted by Crippen LogP contribution is -2.28. The van der Waals surface area contributed by atoms with Gasteiger partial charge >= 0.3 is 5.97 Å². The molecule has 1 N–H and O–H groups in total. The van der Waals surface area contributed by atoms with Crippen LogP contribution in [0.5, 0.6) is 0 Å². The summed E-state index contributed by atoms with van der Waals surface area (Å²) < 4.78 is 31.7. The molecule has 0 radical (unpaired) electrons. The van der Waals surface area contributed by atoms with E-state index in [1.165, 1.54) is 47.0 Å². The monoisotopic (exact) mass is 478 g/mol. The Morgan fingerprint density at radius 3 is 2.47 bits per heavy atom. The molecule has 2 aromatic rings. The summed E-state index contributed by atoms with van der Waals surface area (Å²) in [7, 11) is -0.702. The third-order valence-electron chi connectivity index (χ3n) is 5.69. The zero-order valence-corrected chi connectivity index (χ0v) is 20.4. The van der Waals surface area contributed by atoms with Crippen molar-refractivity contribution in [2.45, 2.75) is 56.8 Å². The molecule has 1 aromatic heterocycles. The first-order valence-electron chi connectivity index (χ1n) is 10.9. The van der Waals surface area contributed by atoms with Gasteiger partial charge in [0.25, 0.3) is 5.91 Å². The largest absolute Gasteiger partial charge is 0.465 e. The summed E-state index contributed by atoms with van der Waals surface area (Å²) in [5.41, 5.74) is 1.74. The minimum atomic E-state index is -3.60. The molecule has 0 saturated heterocycles. The van der Waals surface area contributed by atoms with Crippen molar-refractivity contribution in [1.29, 1.82) is 0 Å². The SMILES string of the molecule is CCCCN(C)S(=O)(=O)c1ccc(C(=O)Nc2sc3c(c2C(=O)OC)CCCCC3)cc1. The number of rotatable bonds is 8. The van der Waals surface area contributed by atoms with Gasteiger partial charge in [0.05, 0.1) is 17.6 Å². The summed E-state index contributed by atoms with van der Waals surface area (Å²) in [6.07, 6.45) is 6.55. The Morgan fingerprint density at radius 1 is 1.12 bits per heavy atom. The van der Waals surface area contributed by atoms with Crippen molar-refractivity contribution >= 4 is 38.2 Å². The zero-order valence-electron chi connectivity index (χ0n) is 18.8. The maximum atomic E-state index is 12.9. The van der Waals surface area contributed by atoms with E-state index in [1.807, 2.05) is 6.92 Å². The van der Waals surface area contributed by atoms with Crippen LogP contribution in [0.15, 0.2) is 29.2 Å². The molecule has 0 bridgehead atoms. The number of anilines is 1. The topological polar surface area (TPSA) is 92.8 Å². The number of nitrogens with zero attached hydrogens (tertiary/aromatic N) is 1. The highest BCUT2D eigenvalue weighted by molar-refractivity contribution is 7.89. The molecule has 0 unspecified atom stereocenters. The second-order valence-corrected chi connectivity index (χ2v) is 11.1. The summed E-state index contributed by atoms with van der Waals surface area (Å²) in [6, 6.07) is 5.87. The fraction of sp³-hybridized carbons (Fsp3) is 0.478. The van der Waals surface area contributed by atoms with Gasteiger partial charge in [0.1, 0.15) is 5.00 Å². The predicted octanol–water partition coefficient (Wildman–Crippen LogP) is 4.48. The van der Waals surface area contributed by atoms with E-state index in [9.17, 15) is 18.0 Å². The lowest BCUT2D eigenvalue weighted by atomic mass is 10.1. The molecule has 1 heterocycles. The van der Waals surface area contributed by atoms with Gasteiger partial charge in [0, 0.05) is 24.0 Å². The third-order valence-corrected chi connectivity index (χ3v) is 8.77. The fourth-order valence-electron chi connectivity index (χ4n) is 3.78. The fourth-order valence-corrected chi connectivity index (χ4v) is 6.26. The summed E-state index contributed by atoms with van der Waals surface area (Å²) in [4.78, 5) is 26.6. The first-order valence-corrected chi connectivity index (χ1v) is 13.2. The molecule has 32 heavy (non-hydrogen) atoms. The summed E-state index contributed by atoms with van der Waals surface area (Å²) in [5.74, 6) is -0.842. The van der Waals surface area contributed by atoms with Crippen LogP contribution in [-0.4, -0.2) is 45.3 Å². The number of unbranched alkanes of at least 4 members (excludes halogenated alkanes) is 1. The standard InChI is InChI=1S/C23H30N2O5S2/c1-4-5-15-25(2)32(28,29)17-13-11-16(12-14-17)21(26)24-22-20(23(27)30-3)18-9-7-6-8-10-19(18)31-22/h11-14H,4-10,15H2,1-3H3,(H,24,26). The molecule has 1 amide bonds. The summed E-state index contributed by atoms with van der Waals surface area (Å²) in [6.45, 7) is 2.45. The third kappa shape index (κ3) is 5.22. The van der Waals surface area contributed by atoms with Crippen LogP contribution in [-0.2, 0) is 27.6 Å². The maximum Gasteiger partial charge on any atom is 0.341 e. The van der Waals surface area contributed by atoms with Gasteiger partial charge in [-0.1, -0.05) is 19.8 Å². The molecule has 0 saturated carbocycles. The number of sulfonamides is 1. The molecule has 174 valence electrons. The van der Waals surface area contributed by atoms with Crippen LogP contribution in [0.1, 0.15) is 70.2 Å². The minimum Gasteiger partial charge on any atom is -0.465 e. The Morgan fingerprint density at radius 2 is 1.81 bits per heavy atom. The number of aryl methyl sites for hydroxylation is 1. The number of hydrogen-bond donors (Lipinski definition) is 1. The first-order chi connectivity index (χ1) is 15.3. The van der Waals surface area contributed by atoms with Crippen LogP contribution in [0.4, 0.5) is 5.00 Å². The van der Waals surface area contributed by atoms with Gasteiger partial charge in [-0.05, 0) is 61.9 Å².